The average molecular weight is 386 g/mol. The predicted octanol–water partition coefficient (Wildman–Crippen LogP) is 4.68. The van der Waals surface area contributed by atoms with Crippen molar-refractivity contribution >= 4 is 8.80 Å². The van der Waals surface area contributed by atoms with Crippen molar-refractivity contribution in [3.63, 3.8) is 0 Å². The van der Waals surface area contributed by atoms with Crippen LogP contribution in [0, 0.1) is 0 Å². The zero-order valence-corrected chi connectivity index (χ0v) is 17.6. The number of hydrogen-bond donors (Lipinski definition) is 0. The first-order chi connectivity index (χ1) is 13.2. The molecule has 0 aliphatic rings. The number of nitrogens with zero attached hydrogens (tertiary/aromatic N) is 1. The van der Waals surface area contributed by atoms with Gasteiger partial charge in [-0.2, -0.15) is 0 Å². The topological polar surface area (TPSA) is 30.9 Å². The van der Waals surface area contributed by atoms with Crippen LogP contribution in [0.2, 0.25) is 6.04 Å². The third kappa shape index (κ3) is 6.12. The first kappa shape index (κ1) is 21.5. The Balaban J connectivity index is 2.15. The number of hydrogen-bond acceptors (Lipinski definition) is 4. The Bertz CT molecular complexity index is 654. The summed E-state index contributed by atoms with van der Waals surface area (Å²) in [5.74, 6) is 0. The van der Waals surface area contributed by atoms with Crippen molar-refractivity contribution in [1.82, 2.24) is 4.90 Å². The molecular weight excluding hydrogens is 354 g/mol. The van der Waals surface area contributed by atoms with E-state index in [1.165, 1.54) is 11.1 Å². The van der Waals surface area contributed by atoms with Crippen molar-refractivity contribution in [2.45, 2.75) is 25.1 Å². The Hall–Kier alpha value is -1.76. The van der Waals surface area contributed by atoms with E-state index in [0.717, 1.165) is 25.6 Å². The van der Waals surface area contributed by atoms with Crippen LogP contribution in [0.1, 0.15) is 23.6 Å². The molecule has 0 aromatic heterocycles. The van der Waals surface area contributed by atoms with E-state index in [1.807, 2.05) is 18.2 Å². The van der Waals surface area contributed by atoms with Crippen LogP contribution in [0.5, 0.6) is 0 Å². The minimum absolute atomic E-state index is 0.148. The van der Waals surface area contributed by atoms with Crippen LogP contribution in [-0.2, 0) is 19.8 Å². The summed E-state index contributed by atoms with van der Waals surface area (Å²) in [6.45, 7) is 5.85. The zero-order valence-electron chi connectivity index (χ0n) is 16.6. The molecule has 0 radical (unpaired) electrons. The van der Waals surface area contributed by atoms with Gasteiger partial charge >= 0.3 is 8.80 Å². The lowest BCUT2D eigenvalue weighted by atomic mass is 10.0. The molecule has 0 aliphatic carbocycles. The first-order valence-electron chi connectivity index (χ1n) is 9.29. The van der Waals surface area contributed by atoms with E-state index in [2.05, 4.69) is 60.0 Å². The van der Waals surface area contributed by atoms with Crippen molar-refractivity contribution in [3.8, 4) is 0 Å². The van der Waals surface area contributed by atoms with Crippen molar-refractivity contribution < 1.29 is 13.3 Å². The second-order valence-electron chi connectivity index (χ2n) is 6.45. The minimum atomic E-state index is -2.55. The summed E-state index contributed by atoms with van der Waals surface area (Å²) in [6, 6.07) is 22.0. The van der Waals surface area contributed by atoms with Gasteiger partial charge in [0.05, 0.1) is 6.04 Å². The van der Waals surface area contributed by atoms with Crippen molar-refractivity contribution in [3.05, 3.63) is 84.4 Å². The third-order valence-corrected chi connectivity index (χ3v) is 7.68. The summed E-state index contributed by atoms with van der Waals surface area (Å²) in [5, 5.41) is 0. The van der Waals surface area contributed by atoms with Crippen LogP contribution in [0.25, 0.3) is 0 Å². The van der Waals surface area contributed by atoms with E-state index in [4.69, 9.17) is 13.3 Å². The molecule has 0 saturated carbocycles. The molecular formula is C22H31NO3Si. The van der Waals surface area contributed by atoms with Gasteiger partial charge in [-0.25, -0.2) is 0 Å². The Morgan fingerprint density at radius 2 is 1.48 bits per heavy atom. The van der Waals surface area contributed by atoms with Gasteiger partial charge in [0, 0.05) is 33.9 Å². The summed E-state index contributed by atoms with van der Waals surface area (Å²) >= 11 is 0. The zero-order chi connectivity index (χ0) is 19.5. The highest BCUT2D eigenvalue weighted by atomic mass is 28.4. The van der Waals surface area contributed by atoms with Crippen molar-refractivity contribution in [2.75, 3.05) is 27.9 Å². The highest BCUT2D eigenvalue weighted by molar-refractivity contribution is 6.60. The first-order valence-corrected chi connectivity index (χ1v) is 11.2. The normalized spacial score (nSPS) is 12.9. The highest BCUT2D eigenvalue weighted by Gasteiger charge is 2.37. The SMILES string of the molecule is C=CC(c1ccccc1)N(CCC[Si](OC)(OC)OC)Cc1ccccc1. The maximum absolute atomic E-state index is 5.56. The van der Waals surface area contributed by atoms with Gasteiger partial charge in [-0.15, -0.1) is 6.58 Å². The van der Waals surface area contributed by atoms with E-state index < -0.39 is 8.80 Å². The van der Waals surface area contributed by atoms with Crippen LogP contribution in [0.15, 0.2) is 73.3 Å². The minimum Gasteiger partial charge on any atom is -0.377 e. The molecule has 0 heterocycles. The van der Waals surface area contributed by atoms with Crippen LogP contribution in [-0.4, -0.2) is 41.6 Å². The molecule has 146 valence electrons. The van der Waals surface area contributed by atoms with Gasteiger partial charge in [0.1, 0.15) is 0 Å². The molecule has 0 fully saturated rings. The maximum atomic E-state index is 5.56. The van der Waals surface area contributed by atoms with Crippen molar-refractivity contribution in [1.29, 1.82) is 0 Å². The fourth-order valence-electron chi connectivity index (χ4n) is 3.34. The molecule has 0 aliphatic heterocycles. The van der Waals surface area contributed by atoms with Gasteiger partial charge in [0.25, 0.3) is 0 Å². The molecule has 0 spiro atoms. The summed E-state index contributed by atoms with van der Waals surface area (Å²) in [4.78, 5) is 2.44. The lowest BCUT2D eigenvalue weighted by Gasteiger charge is -2.31. The van der Waals surface area contributed by atoms with Gasteiger partial charge in [-0.3, -0.25) is 4.90 Å². The molecule has 2 aromatic carbocycles. The molecule has 1 unspecified atom stereocenters. The molecule has 27 heavy (non-hydrogen) atoms. The summed E-state index contributed by atoms with van der Waals surface area (Å²) in [6.07, 6.45) is 2.94. The van der Waals surface area contributed by atoms with Crippen LogP contribution in [0.3, 0.4) is 0 Å². The van der Waals surface area contributed by atoms with E-state index in [1.54, 1.807) is 21.3 Å². The molecule has 1 atom stereocenters. The highest BCUT2D eigenvalue weighted by Crippen LogP contribution is 2.25. The molecule has 0 bridgehead atoms. The summed E-state index contributed by atoms with van der Waals surface area (Å²) in [5.41, 5.74) is 2.53. The molecule has 4 nitrogen and oxygen atoms in total. The fourth-order valence-corrected chi connectivity index (χ4v) is 5.04. The Labute approximate surface area is 164 Å². The van der Waals surface area contributed by atoms with Gasteiger partial charge in [0.15, 0.2) is 0 Å². The van der Waals surface area contributed by atoms with Gasteiger partial charge in [-0.1, -0.05) is 66.7 Å². The van der Waals surface area contributed by atoms with E-state index in [9.17, 15) is 0 Å². The van der Waals surface area contributed by atoms with Crippen molar-refractivity contribution in [2.24, 2.45) is 0 Å². The third-order valence-electron chi connectivity index (χ3n) is 4.85. The lowest BCUT2D eigenvalue weighted by molar-refractivity contribution is 0.120. The standard InChI is InChI=1S/C22H31NO3Si/c1-5-22(21-15-10-7-11-16-21)23(19-20-13-8-6-9-14-20)17-12-18-27(24-2,25-3)26-4/h5-11,13-16,22H,1,12,17-19H2,2-4H3. The smallest absolute Gasteiger partial charge is 0.377 e. The Kier molecular flexibility index (Phi) is 8.91. The molecule has 2 aromatic rings. The average Bonchev–Trinajstić information content (AvgIpc) is 2.73. The largest absolute Gasteiger partial charge is 0.500 e. The van der Waals surface area contributed by atoms with Gasteiger partial charge in [-0.05, 0) is 24.1 Å². The van der Waals surface area contributed by atoms with Crippen LogP contribution >= 0.6 is 0 Å². The van der Waals surface area contributed by atoms with Crippen LogP contribution < -0.4 is 0 Å². The molecule has 0 N–H and O–H groups in total. The maximum Gasteiger partial charge on any atom is 0.500 e. The second kappa shape index (κ2) is 11.2. The Morgan fingerprint density at radius 3 is 2.00 bits per heavy atom. The molecule has 0 amide bonds. The van der Waals surface area contributed by atoms with E-state index in [-0.39, 0.29) is 6.04 Å². The monoisotopic (exact) mass is 385 g/mol. The summed E-state index contributed by atoms with van der Waals surface area (Å²) < 4.78 is 16.7. The van der Waals surface area contributed by atoms with Gasteiger partial charge in [0.2, 0.25) is 0 Å². The summed E-state index contributed by atoms with van der Waals surface area (Å²) in [7, 11) is 2.44. The molecule has 5 heteroatoms. The van der Waals surface area contributed by atoms with Gasteiger partial charge < -0.3 is 13.3 Å². The lowest BCUT2D eigenvalue weighted by Crippen LogP contribution is -2.43. The predicted molar refractivity (Wildman–Crippen MR) is 112 cm³/mol. The Morgan fingerprint density at radius 1 is 0.926 bits per heavy atom. The molecule has 0 saturated heterocycles. The second-order valence-corrected chi connectivity index (χ2v) is 9.54. The number of benzene rings is 2. The fraction of sp³-hybridized carbons (Fsp3) is 0.364. The van der Waals surface area contributed by atoms with E-state index in [0.29, 0.717) is 0 Å². The number of rotatable bonds is 12. The van der Waals surface area contributed by atoms with E-state index >= 15 is 0 Å². The van der Waals surface area contributed by atoms with Crippen LogP contribution in [0.4, 0.5) is 0 Å². The molecule has 2 rings (SSSR count). The quantitative estimate of drug-likeness (QED) is 0.392.